The first-order chi connectivity index (χ1) is 11.9. The van der Waals surface area contributed by atoms with E-state index >= 15 is 0 Å². The molecule has 1 aromatic rings. The lowest BCUT2D eigenvalue weighted by atomic mass is 9.81. The van der Waals surface area contributed by atoms with E-state index in [0.717, 1.165) is 49.1 Å². The van der Waals surface area contributed by atoms with Crippen LogP contribution in [-0.2, 0) is 9.47 Å². The van der Waals surface area contributed by atoms with Crippen LogP contribution in [0.2, 0.25) is 0 Å². The second-order valence-corrected chi connectivity index (χ2v) is 7.28. The molecule has 3 heterocycles. The molecular weight excluding hydrogens is 320 g/mol. The molecule has 0 saturated carbocycles. The molecule has 2 fully saturated rings. The predicted octanol–water partition coefficient (Wildman–Crippen LogP) is 2.10. The van der Waals surface area contributed by atoms with E-state index in [1.54, 1.807) is 12.0 Å². The van der Waals surface area contributed by atoms with Crippen molar-refractivity contribution < 1.29 is 14.3 Å². The number of hydrogen-bond acceptors (Lipinski definition) is 4. The molecule has 2 saturated heterocycles. The molecule has 0 bridgehead atoms. The van der Waals surface area contributed by atoms with Crippen molar-refractivity contribution in [1.29, 1.82) is 0 Å². The van der Waals surface area contributed by atoms with Crippen LogP contribution in [0, 0.1) is 20.8 Å². The third-order valence-corrected chi connectivity index (χ3v) is 6.01. The van der Waals surface area contributed by atoms with E-state index in [2.05, 4.69) is 4.98 Å². The Morgan fingerprint density at radius 1 is 1.24 bits per heavy atom. The summed E-state index contributed by atoms with van der Waals surface area (Å²) in [5, 5.41) is 0. The summed E-state index contributed by atoms with van der Waals surface area (Å²) in [5.41, 5.74) is 2.24. The Bertz CT molecular complexity index is 717. The summed E-state index contributed by atoms with van der Waals surface area (Å²) in [5.74, 6) is -0.179. The number of carbonyl (C=O) groups excluding carboxylic acids is 1. The van der Waals surface area contributed by atoms with Gasteiger partial charge in [0.2, 0.25) is 0 Å². The maximum absolute atomic E-state index is 13.0. The van der Waals surface area contributed by atoms with E-state index in [4.69, 9.17) is 9.47 Å². The number of nitrogens with one attached hydrogen (secondary N) is 1. The van der Waals surface area contributed by atoms with Crippen molar-refractivity contribution in [2.45, 2.75) is 58.2 Å². The third-order valence-electron chi connectivity index (χ3n) is 6.01. The number of aryl methyl sites for hydroxylation is 1. The number of piperidine rings is 1. The minimum atomic E-state index is -0.297. The molecule has 1 aromatic heterocycles. The number of H-pyrrole nitrogens is 1. The van der Waals surface area contributed by atoms with Crippen molar-refractivity contribution in [2.24, 2.45) is 0 Å². The standard InChI is InChI=1S/C19H28N2O4/c1-12-13(2)16(17(22)20-14(12)3)18(23)21-9-7-19(8-10-21)15(24-4)6-5-11-25-19/h15H,5-11H2,1-4H3,(H,20,22)/t15-/m0/s1. The van der Waals surface area contributed by atoms with Crippen molar-refractivity contribution in [3.63, 3.8) is 0 Å². The fraction of sp³-hybridized carbons (Fsp3) is 0.684. The summed E-state index contributed by atoms with van der Waals surface area (Å²) in [4.78, 5) is 29.9. The molecule has 0 aromatic carbocycles. The van der Waals surface area contributed by atoms with Crippen LogP contribution in [0.4, 0.5) is 0 Å². The van der Waals surface area contributed by atoms with Crippen molar-refractivity contribution >= 4 is 5.91 Å². The maximum atomic E-state index is 13.0. The molecule has 6 heteroatoms. The highest BCUT2D eigenvalue weighted by atomic mass is 16.5. The van der Waals surface area contributed by atoms with E-state index in [1.165, 1.54) is 0 Å². The van der Waals surface area contributed by atoms with E-state index in [1.807, 2.05) is 20.8 Å². The fourth-order valence-corrected chi connectivity index (χ4v) is 4.17. The Hall–Kier alpha value is -1.66. The fourth-order valence-electron chi connectivity index (χ4n) is 4.17. The molecule has 6 nitrogen and oxygen atoms in total. The average Bonchev–Trinajstić information content (AvgIpc) is 2.61. The van der Waals surface area contributed by atoms with Gasteiger partial charge in [0, 0.05) is 32.5 Å². The first-order valence-electron chi connectivity index (χ1n) is 9.06. The van der Waals surface area contributed by atoms with Gasteiger partial charge in [-0.3, -0.25) is 9.59 Å². The van der Waals surface area contributed by atoms with Gasteiger partial charge in [-0.2, -0.15) is 0 Å². The molecule has 25 heavy (non-hydrogen) atoms. The van der Waals surface area contributed by atoms with E-state index in [9.17, 15) is 9.59 Å². The molecule has 138 valence electrons. The molecule has 2 aliphatic rings. The van der Waals surface area contributed by atoms with Crippen molar-refractivity contribution in [2.75, 3.05) is 26.8 Å². The number of hydrogen-bond donors (Lipinski definition) is 1. The molecule has 2 aliphatic heterocycles. The lowest BCUT2D eigenvalue weighted by molar-refractivity contribution is -0.183. The SMILES string of the molecule is CO[C@H]1CCCOC12CCN(C(=O)c1c(C)c(C)c(C)[nH]c1=O)CC2. The number of ether oxygens (including phenoxy) is 2. The van der Waals surface area contributed by atoms with Gasteiger partial charge >= 0.3 is 0 Å². The maximum Gasteiger partial charge on any atom is 0.261 e. The highest BCUT2D eigenvalue weighted by Gasteiger charge is 2.45. The Kier molecular flexibility index (Phi) is 5.02. The van der Waals surface area contributed by atoms with Gasteiger partial charge in [-0.15, -0.1) is 0 Å². The van der Waals surface area contributed by atoms with Crippen LogP contribution >= 0.6 is 0 Å². The van der Waals surface area contributed by atoms with Crippen LogP contribution in [0.5, 0.6) is 0 Å². The summed E-state index contributed by atoms with van der Waals surface area (Å²) in [6.45, 7) is 7.57. The molecule has 3 rings (SSSR count). The monoisotopic (exact) mass is 348 g/mol. The second-order valence-electron chi connectivity index (χ2n) is 7.28. The number of rotatable bonds is 2. The zero-order valence-electron chi connectivity index (χ0n) is 15.6. The lowest BCUT2D eigenvalue weighted by Gasteiger charge is -2.48. The molecule has 0 aliphatic carbocycles. The van der Waals surface area contributed by atoms with Crippen LogP contribution in [0.3, 0.4) is 0 Å². The quantitative estimate of drug-likeness (QED) is 0.888. The van der Waals surface area contributed by atoms with Crippen molar-refractivity contribution in [3.05, 3.63) is 32.7 Å². The Labute approximate surface area is 148 Å². The van der Waals surface area contributed by atoms with Crippen LogP contribution in [0.15, 0.2) is 4.79 Å². The zero-order valence-corrected chi connectivity index (χ0v) is 15.6. The van der Waals surface area contributed by atoms with Gasteiger partial charge in [-0.1, -0.05) is 0 Å². The number of carbonyl (C=O) groups is 1. The number of aromatic nitrogens is 1. The van der Waals surface area contributed by atoms with Crippen LogP contribution in [0.1, 0.15) is 52.9 Å². The summed E-state index contributed by atoms with van der Waals surface area (Å²) in [7, 11) is 1.73. The Morgan fingerprint density at radius 3 is 2.56 bits per heavy atom. The largest absolute Gasteiger partial charge is 0.378 e. The highest BCUT2D eigenvalue weighted by molar-refractivity contribution is 5.95. The third kappa shape index (κ3) is 3.13. The molecule has 1 amide bonds. The Balaban J connectivity index is 1.79. The summed E-state index contributed by atoms with van der Waals surface area (Å²) in [6.07, 6.45) is 3.60. The van der Waals surface area contributed by atoms with E-state index in [0.29, 0.717) is 13.1 Å². The van der Waals surface area contributed by atoms with E-state index in [-0.39, 0.29) is 28.7 Å². The van der Waals surface area contributed by atoms with Crippen LogP contribution in [0.25, 0.3) is 0 Å². The van der Waals surface area contributed by atoms with Gasteiger partial charge < -0.3 is 19.4 Å². The number of nitrogens with zero attached hydrogens (tertiary/aromatic N) is 1. The van der Waals surface area contributed by atoms with Gasteiger partial charge in [0.25, 0.3) is 11.5 Å². The number of aromatic amines is 1. The highest BCUT2D eigenvalue weighted by Crippen LogP contribution is 2.37. The number of amides is 1. The van der Waals surface area contributed by atoms with Crippen LogP contribution < -0.4 is 5.56 Å². The van der Waals surface area contributed by atoms with Crippen molar-refractivity contribution in [1.82, 2.24) is 9.88 Å². The number of methoxy groups -OCH3 is 1. The first-order valence-corrected chi connectivity index (χ1v) is 9.06. The second kappa shape index (κ2) is 6.92. The number of pyridine rings is 1. The van der Waals surface area contributed by atoms with Gasteiger partial charge in [0.05, 0.1) is 11.7 Å². The topological polar surface area (TPSA) is 71.6 Å². The predicted molar refractivity (Wildman–Crippen MR) is 95.1 cm³/mol. The van der Waals surface area contributed by atoms with Gasteiger partial charge in [-0.25, -0.2) is 0 Å². The normalized spacial score (nSPS) is 23.0. The lowest BCUT2D eigenvalue weighted by Crippen LogP contribution is -2.57. The summed E-state index contributed by atoms with van der Waals surface area (Å²) in [6, 6.07) is 0. The van der Waals surface area contributed by atoms with Gasteiger partial charge in [0.1, 0.15) is 5.56 Å². The summed E-state index contributed by atoms with van der Waals surface area (Å²) >= 11 is 0. The molecule has 1 N–H and O–H groups in total. The van der Waals surface area contributed by atoms with Crippen molar-refractivity contribution in [3.8, 4) is 0 Å². The molecular formula is C19H28N2O4. The first kappa shape index (κ1) is 18.1. The van der Waals surface area contributed by atoms with Crippen LogP contribution in [-0.4, -0.2) is 54.3 Å². The molecule has 0 radical (unpaired) electrons. The number of likely N-dealkylation sites (tertiary alicyclic amines) is 1. The van der Waals surface area contributed by atoms with E-state index < -0.39 is 0 Å². The molecule has 1 spiro atoms. The smallest absolute Gasteiger partial charge is 0.261 e. The summed E-state index contributed by atoms with van der Waals surface area (Å²) < 4.78 is 11.7. The zero-order chi connectivity index (χ0) is 18.2. The minimum Gasteiger partial charge on any atom is -0.378 e. The molecule has 0 unspecified atom stereocenters. The molecule has 1 atom stereocenters. The Morgan fingerprint density at radius 2 is 1.92 bits per heavy atom. The average molecular weight is 348 g/mol. The van der Waals surface area contributed by atoms with Gasteiger partial charge in [0.15, 0.2) is 0 Å². The van der Waals surface area contributed by atoms with Gasteiger partial charge in [-0.05, 0) is 57.6 Å². The minimum absolute atomic E-state index is 0.0882.